The van der Waals surface area contributed by atoms with Crippen molar-refractivity contribution in [3.63, 3.8) is 0 Å². The molecule has 4 heteroatoms. The number of allylic oxidation sites excluding steroid dienone is 8. The fraction of sp³-hybridized carbons (Fsp3) is 0.355. The molecule has 0 N–H and O–H groups in total. The van der Waals surface area contributed by atoms with E-state index in [0.29, 0.717) is 9.52 Å². The third-order valence-corrected chi connectivity index (χ3v) is 8.50. The van der Waals surface area contributed by atoms with Gasteiger partial charge in [-0.05, 0) is 24.0 Å². The average molecular weight is 688 g/mol. The monoisotopic (exact) mass is 688 g/mol. The number of hydrogen-bond donors (Lipinski definition) is 0. The van der Waals surface area contributed by atoms with Gasteiger partial charge in [0.05, 0.1) is 0 Å². The normalized spacial score (nSPS) is 15.0. The Bertz CT molecular complexity index is 912. The molecular weight excluding hydrogens is 650 g/mol. The van der Waals surface area contributed by atoms with Gasteiger partial charge in [-0.3, -0.25) is 12.2 Å². The maximum Gasteiger partial charge on any atom is 4.00 e. The molecule has 0 unspecified atom stereocenters. The second-order valence-corrected chi connectivity index (χ2v) is 10.9. The maximum atomic E-state index is 3.32. The zero-order valence-electron chi connectivity index (χ0n) is 21.7. The van der Waals surface area contributed by atoms with Crippen LogP contribution in [-0.2, 0) is 38.7 Å². The molecular formula is C31H38Cl2HfSi. The minimum absolute atomic E-state index is 0. The van der Waals surface area contributed by atoms with Crippen LogP contribution < -0.4 is 24.8 Å². The van der Waals surface area contributed by atoms with Crippen molar-refractivity contribution in [3.05, 3.63) is 106 Å². The molecule has 3 aliphatic rings. The van der Waals surface area contributed by atoms with Crippen LogP contribution in [0.15, 0.2) is 71.8 Å². The summed E-state index contributed by atoms with van der Waals surface area (Å²) in [5, 5.41) is 0. The Morgan fingerprint density at radius 3 is 1.17 bits per heavy atom. The van der Waals surface area contributed by atoms with Gasteiger partial charge in [0.1, 0.15) is 0 Å². The quantitative estimate of drug-likeness (QED) is 0.341. The number of halogens is 2. The molecule has 5 rings (SSSR count). The van der Waals surface area contributed by atoms with Gasteiger partial charge in [0.25, 0.3) is 0 Å². The van der Waals surface area contributed by atoms with Gasteiger partial charge in [-0.1, -0.05) is 94.7 Å². The minimum Gasteiger partial charge on any atom is -1.00 e. The van der Waals surface area contributed by atoms with E-state index in [0.717, 1.165) is 25.7 Å². The second kappa shape index (κ2) is 18.3. The van der Waals surface area contributed by atoms with E-state index in [9.17, 15) is 0 Å². The van der Waals surface area contributed by atoms with Crippen molar-refractivity contribution in [3.8, 4) is 0 Å². The van der Waals surface area contributed by atoms with Crippen LogP contribution in [-0.4, -0.2) is 9.52 Å². The maximum absolute atomic E-state index is 3.32. The summed E-state index contributed by atoms with van der Waals surface area (Å²) >= 11 is 0. The molecule has 1 fully saturated rings. The van der Waals surface area contributed by atoms with Crippen molar-refractivity contribution < 1.29 is 50.7 Å². The smallest absolute Gasteiger partial charge is 1.00 e. The predicted octanol–water partition coefficient (Wildman–Crippen LogP) is 1.97. The first-order valence-corrected chi connectivity index (χ1v) is 14.4. The topological polar surface area (TPSA) is 0 Å². The zero-order valence-corrected chi connectivity index (χ0v) is 28.2. The van der Waals surface area contributed by atoms with Crippen LogP contribution in [0.5, 0.6) is 0 Å². The summed E-state index contributed by atoms with van der Waals surface area (Å²) in [5.41, 5.74) is 10.7. The minimum atomic E-state index is 0. The molecule has 1 aliphatic heterocycles. The van der Waals surface area contributed by atoms with Gasteiger partial charge in [-0.2, -0.15) is 23.3 Å². The van der Waals surface area contributed by atoms with E-state index in [1.54, 1.807) is 18.5 Å². The summed E-state index contributed by atoms with van der Waals surface area (Å²) in [6.45, 7) is 8.63. The van der Waals surface area contributed by atoms with Crippen LogP contribution in [0, 0.1) is 12.2 Å². The molecule has 2 aliphatic carbocycles. The van der Waals surface area contributed by atoms with E-state index in [1.807, 2.05) is 0 Å². The molecule has 0 radical (unpaired) electrons. The van der Waals surface area contributed by atoms with Crippen molar-refractivity contribution in [1.82, 2.24) is 0 Å². The van der Waals surface area contributed by atoms with Crippen molar-refractivity contribution in [2.75, 3.05) is 0 Å². The van der Waals surface area contributed by atoms with E-state index in [2.05, 4.69) is 101 Å². The van der Waals surface area contributed by atoms with Gasteiger partial charge in [-0.25, -0.2) is 11.1 Å². The molecule has 0 amide bonds. The third kappa shape index (κ3) is 10.5. The third-order valence-electron chi connectivity index (χ3n) is 6.50. The Morgan fingerprint density at radius 1 is 0.657 bits per heavy atom. The van der Waals surface area contributed by atoms with Crippen LogP contribution in [0.2, 0.25) is 12.1 Å². The van der Waals surface area contributed by atoms with Crippen LogP contribution in [0.4, 0.5) is 0 Å². The van der Waals surface area contributed by atoms with Crippen molar-refractivity contribution in [2.24, 2.45) is 0 Å². The summed E-state index contributed by atoms with van der Waals surface area (Å²) in [4.78, 5) is 0. The average Bonchev–Trinajstić information content (AvgIpc) is 3.41. The van der Waals surface area contributed by atoms with Gasteiger partial charge in [0.2, 0.25) is 0 Å². The Hall–Kier alpha value is -0.933. The Kier molecular flexibility index (Phi) is 17.8. The van der Waals surface area contributed by atoms with Crippen LogP contribution >= 0.6 is 0 Å². The summed E-state index contributed by atoms with van der Waals surface area (Å²) in [6.07, 6.45) is 16.9. The van der Waals surface area contributed by atoms with Gasteiger partial charge in [0, 0.05) is 9.52 Å². The van der Waals surface area contributed by atoms with Gasteiger partial charge in [0.15, 0.2) is 0 Å². The van der Waals surface area contributed by atoms with E-state index in [4.69, 9.17) is 0 Å². The molecule has 1 heterocycles. The van der Waals surface area contributed by atoms with Crippen molar-refractivity contribution in [2.45, 2.75) is 71.9 Å². The number of benzene rings is 2. The van der Waals surface area contributed by atoms with E-state index in [-0.39, 0.29) is 50.7 Å². The van der Waals surface area contributed by atoms with Crippen LogP contribution in [0.1, 0.15) is 69.2 Å². The Labute approximate surface area is 247 Å². The fourth-order valence-electron chi connectivity index (χ4n) is 3.87. The predicted molar refractivity (Wildman–Crippen MR) is 144 cm³/mol. The van der Waals surface area contributed by atoms with E-state index >= 15 is 0 Å². The first-order chi connectivity index (χ1) is 15.6. The van der Waals surface area contributed by atoms with E-state index in [1.165, 1.54) is 44.5 Å². The molecule has 0 spiro atoms. The number of hydrogen-bond acceptors (Lipinski definition) is 0. The Morgan fingerprint density at radius 2 is 0.971 bits per heavy atom. The molecule has 0 atom stereocenters. The molecule has 35 heavy (non-hydrogen) atoms. The summed E-state index contributed by atoms with van der Waals surface area (Å²) in [5.74, 6) is 0. The largest absolute Gasteiger partial charge is 4.00 e. The second-order valence-electron chi connectivity index (χ2n) is 8.76. The molecule has 2 aromatic carbocycles. The summed E-state index contributed by atoms with van der Waals surface area (Å²) in [7, 11) is 0.605. The summed E-state index contributed by atoms with van der Waals surface area (Å²) < 4.78 is 0. The van der Waals surface area contributed by atoms with Crippen molar-refractivity contribution in [1.29, 1.82) is 0 Å². The van der Waals surface area contributed by atoms with Crippen molar-refractivity contribution >= 4 is 20.7 Å². The standard InChI is InChI=1S/2C14H15.C3H8Si.2ClH.Hf/c2*1-3-12-7-9-13(10-8-12)14-6-4-5-11(14)2;1-2-4-3-1;;;/h2*6-10H,3-4H2,1-2H3;1-4H2;2*1H;/q2*-1;;;;+4/p-2. The fourth-order valence-corrected chi connectivity index (χ4v) is 4.37. The molecule has 0 bridgehead atoms. The summed E-state index contributed by atoms with van der Waals surface area (Å²) in [6, 6.07) is 21.0. The SMILES string of the molecule is C1C[SiH2]C1.CCc1ccc(C2=CC[C-]=C2C)cc1.CCc1ccc(C2=CC[C-]=C2C)cc1.[Cl-].[Cl-].[Hf+4]. The zero-order chi connectivity index (χ0) is 22.8. The van der Waals surface area contributed by atoms with Gasteiger partial charge < -0.3 is 24.8 Å². The number of aryl methyl sites for hydroxylation is 2. The molecule has 0 aromatic heterocycles. The van der Waals surface area contributed by atoms with Crippen LogP contribution in [0.25, 0.3) is 11.1 Å². The molecule has 0 nitrogen and oxygen atoms in total. The Balaban J connectivity index is 0.000000530. The van der Waals surface area contributed by atoms with Crippen LogP contribution in [0.3, 0.4) is 0 Å². The van der Waals surface area contributed by atoms with Gasteiger partial charge in [-0.15, -0.1) is 24.0 Å². The van der Waals surface area contributed by atoms with E-state index < -0.39 is 0 Å². The molecule has 2 aromatic rings. The van der Waals surface area contributed by atoms with Gasteiger partial charge >= 0.3 is 25.8 Å². The first-order valence-electron chi connectivity index (χ1n) is 12.4. The molecule has 184 valence electrons. The number of rotatable bonds is 4. The molecule has 1 saturated heterocycles. The molecule has 0 saturated carbocycles. The first kappa shape index (κ1) is 34.1.